The Morgan fingerprint density at radius 2 is 1.32 bits per heavy atom. The molecule has 2 N–H and O–H groups in total. The molecule has 0 radical (unpaired) electrons. The lowest BCUT2D eigenvalue weighted by atomic mass is 9.93. The van der Waals surface area contributed by atoms with E-state index in [1.165, 1.54) is 28.4 Å². The fraction of sp³-hybridized carbons (Fsp3) is 0.176. The summed E-state index contributed by atoms with van der Waals surface area (Å²) in [6.45, 7) is 0. The van der Waals surface area contributed by atoms with Crippen molar-refractivity contribution in [1.29, 1.82) is 0 Å². The zero-order chi connectivity index (χ0) is 31.4. The lowest BCUT2D eigenvalue weighted by Gasteiger charge is -2.30. The van der Waals surface area contributed by atoms with Gasteiger partial charge in [-0.05, 0) is 5.56 Å². The Labute approximate surface area is 252 Å². The minimum absolute atomic E-state index is 0.119. The maximum atomic E-state index is 12.5. The highest BCUT2D eigenvalue weighted by atomic mass is 16.5. The van der Waals surface area contributed by atoms with E-state index >= 15 is 0 Å². The molecule has 1 aliphatic rings. The second-order valence-corrected chi connectivity index (χ2v) is 9.64. The van der Waals surface area contributed by atoms with Gasteiger partial charge >= 0.3 is 0 Å². The summed E-state index contributed by atoms with van der Waals surface area (Å²) in [4.78, 5) is 25.0. The van der Waals surface area contributed by atoms with Gasteiger partial charge in [-0.2, -0.15) is 0 Å². The molecule has 0 spiro atoms. The van der Waals surface area contributed by atoms with Crippen LogP contribution in [0.1, 0.15) is 22.0 Å². The van der Waals surface area contributed by atoms with Gasteiger partial charge in [0.25, 0.3) is 0 Å². The number of methoxy groups -OCH3 is 4. The molecule has 6 rings (SSSR count). The first-order valence-corrected chi connectivity index (χ1v) is 13.5. The van der Waals surface area contributed by atoms with Crippen LogP contribution in [0, 0.1) is 0 Å². The van der Waals surface area contributed by atoms with Gasteiger partial charge in [0.05, 0.1) is 28.4 Å². The maximum absolute atomic E-state index is 12.5. The van der Waals surface area contributed by atoms with Crippen LogP contribution in [0.4, 0.5) is 0 Å². The first kappa shape index (κ1) is 30.0. The number of hydrogen-bond donors (Lipinski definition) is 2. The predicted octanol–water partition coefficient (Wildman–Crippen LogP) is 5.56. The summed E-state index contributed by atoms with van der Waals surface area (Å²) >= 11 is 0. The Morgan fingerprint density at radius 3 is 1.93 bits per heavy atom. The van der Waals surface area contributed by atoms with Gasteiger partial charge in [-0.1, -0.05) is 60.7 Å². The molecular formula is C34H30O10. The van der Waals surface area contributed by atoms with E-state index in [1.54, 1.807) is 48.5 Å². The molecule has 10 nitrogen and oxygen atoms in total. The molecule has 2 unspecified atom stereocenters. The van der Waals surface area contributed by atoms with Gasteiger partial charge in [0.2, 0.25) is 17.0 Å². The number of aromatic hydroxyl groups is 1. The summed E-state index contributed by atoms with van der Waals surface area (Å²) in [5, 5.41) is 20.7. The van der Waals surface area contributed by atoms with Crippen LogP contribution in [0.3, 0.4) is 0 Å². The van der Waals surface area contributed by atoms with Gasteiger partial charge < -0.3 is 38.3 Å². The lowest BCUT2D eigenvalue weighted by Crippen LogP contribution is -2.36. The number of carbonyl (C=O) groups is 1. The van der Waals surface area contributed by atoms with Crippen molar-refractivity contribution < 1.29 is 43.1 Å². The van der Waals surface area contributed by atoms with Crippen molar-refractivity contribution >= 4 is 16.8 Å². The summed E-state index contributed by atoms with van der Waals surface area (Å²) in [7, 11) is 5.93. The summed E-state index contributed by atoms with van der Waals surface area (Å²) in [5.41, 5.74) is 1.33. The van der Waals surface area contributed by atoms with Crippen molar-refractivity contribution in [3.05, 3.63) is 106 Å². The number of carbonyl (C=O) groups excluding carboxylic acids is 1. The van der Waals surface area contributed by atoms with E-state index in [4.69, 9.17) is 28.1 Å². The standard InChI is InChI=1S/C17H16O5.C17H14O5/c2*1-20-11-8-12(21-2)14-13(9-11)22-17(16(19)15(14)18)10-6-4-3-5-7-10/h3-9,16-17,19H,1-2H3;3-9,19H,1-2H3. The molecule has 44 heavy (non-hydrogen) atoms. The highest BCUT2D eigenvalue weighted by molar-refractivity contribution is 6.05. The molecule has 0 saturated carbocycles. The zero-order valence-corrected chi connectivity index (χ0v) is 24.4. The third-order valence-electron chi connectivity index (χ3n) is 7.08. The Morgan fingerprint density at radius 1 is 0.727 bits per heavy atom. The van der Waals surface area contributed by atoms with E-state index in [9.17, 15) is 19.8 Å². The van der Waals surface area contributed by atoms with E-state index in [-0.39, 0.29) is 28.0 Å². The number of rotatable bonds is 6. The van der Waals surface area contributed by atoms with Crippen molar-refractivity contribution in [3.63, 3.8) is 0 Å². The molecule has 0 fully saturated rings. The van der Waals surface area contributed by atoms with Crippen molar-refractivity contribution in [1.82, 2.24) is 0 Å². The summed E-state index contributed by atoms with van der Waals surface area (Å²) < 4.78 is 32.4. The van der Waals surface area contributed by atoms with Gasteiger partial charge in [-0.25, -0.2) is 0 Å². The SMILES string of the molecule is COc1cc(OC)c2c(=O)c(O)c(-c3ccccc3)oc2c1.COc1cc(OC)c2c(c1)OC(c1ccccc1)C(O)C2=O. The monoisotopic (exact) mass is 598 g/mol. The first-order chi connectivity index (χ1) is 21.3. The number of aliphatic hydroxyl groups excluding tert-OH is 1. The lowest BCUT2D eigenvalue weighted by molar-refractivity contribution is 0.0210. The molecule has 5 aromatic rings. The largest absolute Gasteiger partial charge is 0.502 e. The summed E-state index contributed by atoms with van der Waals surface area (Å²) in [5.74, 6) is 1.23. The van der Waals surface area contributed by atoms with Crippen LogP contribution in [0.25, 0.3) is 22.3 Å². The van der Waals surface area contributed by atoms with Crippen molar-refractivity contribution in [2.75, 3.05) is 28.4 Å². The number of fused-ring (bicyclic) bond motifs is 2. The van der Waals surface area contributed by atoms with Crippen molar-refractivity contribution in [2.24, 2.45) is 0 Å². The van der Waals surface area contributed by atoms with Gasteiger partial charge in [0, 0.05) is 29.8 Å². The van der Waals surface area contributed by atoms with E-state index in [0.29, 0.717) is 28.6 Å². The molecule has 226 valence electrons. The van der Waals surface area contributed by atoms with Gasteiger partial charge in [0.1, 0.15) is 45.3 Å². The first-order valence-electron chi connectivity index (χ1n) is 13.5. The number of benzene rings is 4. The minimum Gasteiger partial charge on any atom is -0.502 e. The van der Waals surface area contributed by atoms with Crippen molar-refractivity contribution in [2.45, 2.75) is 12.2 Å². The van der Waals surface area contributed by atoms with Gasteiger partial charge in [-0.15, -0.1) is 0 Å². The number of Topliss-reactive ketones (excluding diaryl/α,β-unsaturated/α-hetero) is 1. The molecule has 2 atom stereocenters. The molecule has 10 heteroatoms. The fourth-order valence-electron chi connectivity index (χ4n) is 4.87. The fourth-order valence-corrected chi connectivity index (χ4v) is 4.87. The zero-order valence-electron chi connectivity index (χ0n) is 24.4. The normalized spacial score (nSPS) is 15.3. The third kappa shape index (κ3) is 5.62. The Balaban J connectivity index is 0.000000175. The molecule has 2 heterocycles. The molecular weight excluding hydrogens is 568 g/mol. The molecule has 0 saturated heterocycles. The second-order valence-electron chi connectivity index (χ2n) is 9.64. The highest BCUT2D eigenvalue weighted by Gasteiger charge is 2.39. The number of ketones is 1. The molecule has 1 aliphatic heterocycles. The Bertz CT molecular complexity index is 1850. The number of ether oxygens (including phenoxy) is 5. The molecule has 1 aromatic heterocycles. The minimum atomic E-state index is -1.28. The molecule has 0 aliphatic carbocycles. The van der Waals surface area contributed by atoms with Crippen LogP contribution in [0.15, 0.2) is 94.1 Å². The topological polar surface area (TPSA) is 134 Å². The maximum Gasteiger partial charge on any atom is 0.238 e. The predicted molar refractivity (Wildman–Crippen MR) is 162 cm³/mol. The van der Waals surface area contributed by atoms with Gasteiger partial charge in [0.15, 0.2) is 18.0 Å². The van der Waals surface area contributed by atoms with Crippen molar-refractivity contribution in [3.8, 4) is 45.8 Å². The number of aliphatic hydroxyl groups is 1. The van der Waals surface area contributed by atoms with E-state index in [2.05, 4.69) is 0 Å². The van der Waals surface area contributed by atoms with Gasteiger partial charge in [-0.3, -0.25) is 9.59 Å². The number of hydrogen-bond acceptors (Lipinski definition) is 10. The van der Waals surface area contributed by atoms with E-state index in [1.807, 2.05) is 36.4 Å². The summed E-state index contributed by atoms with van der Waals surface area (Å²) in [6.07, 6.45) is -2.03. The van der Waals surface area contributed by atoms with Crippen LogP contribution in [-0.4, -0.2) is 50.5 Å². The average Bonchev–Trinajstić information content (AvgIpc) is 3.07. The van der Waals surface area contributed by atoms with E-state index < -0.39 is 29.2 Å². The molecule has 0 amide bonds. The average molecular weight is 599 g/mol. The van der Waals surface area contributed by atoms with Crippen LogP contribution in [0.2, 0.25) is 0 Å². The van der Waals surface area contributed by atoms with Crippen LogP contribution < -0.4 is 29.1 Å². The quantitative estimate of drug-likeness (QED) is 0.256. The third-order valence-corrected chi connectivity index (χ3v) is 7.08. The molecule has 4 aromatic carbocycles. The van der Waals surface area contributed by atoms with Crippen LogP contribution >= 0.6 is 0 Å². The van der Waals surface area contributed by atoms with Crippen LogP contribution in [0.5, 0.6) is 34.5 Å². The van der Waals surface area contributed by atoms with Crippen LogP contribution in [-0.2, 0) is 0 Å². The highest BCUT2D eigenvalue weighted by Crippen LogP contribution is 2.42. The van der Waals surface area contributed by atoms with E-state index in [0.717, 1.165) is 5.56 Å². The Kier molecular flexibility index (Phi) is 8.73. The Hall–Kier alpha value is -5.48. The summed E-state index contributed by atoms with van der Waals surface area (Å²) in [6, 6.07) is 24.5. The molecule has 0 bridgehead atoms. The second kappa shape index (κ2) is 12.8. The smallest absolute Gasteiger partial charge is 0.238 e.